The van der Waals surface area contributed by atoms with Crippen molar-refractivity contribution in [1.29, 1.82) is 0 Å². The van der Waals surface area contributed by atoms with Crippen LogP contribution in [0.25, 0.3) is 0 Å². The quantitative estimate of drug-likeness (QED) is 0.946. The number of aryl methyl sites for hydroxylation is 3. The molecule has 112 valence electrons. The zero-order chi connectivity index (χ0) is 15.0. The molecule has 1 aromatic heterocycles. The molecule has 1 N–H and O–H groups in total. The van der Waals surface area contributed by atoms with Gasteiger partial charge in [-0.05, 0) is 30.4 Å². The monoisotopic (exact) mass is 304 g/mol. The van der Waals surface area contributed by atoms with Gasteiger partial charge in [0, 0.05) is 19.9 Å². The van der Waals surface area contributed by atoms with Crippen LogP contribution in [0.4, 0.5) is 0 Å². The van der Waals surface area contributed by atoms with E-state index in [1.165, 1.54) is 11.1 Å². The van der Waals surface area contributed by atoms with E-state index in [2.05, 4.69) is 23.3 Å². The highest BCUT2D eigenvalue weighted by atomic mass is 35.5. The molecule has 0 saturated heterocycles. The zero-order valence-electron chi connectivity index (χ0n) is 12.6. The van der Waals surface area contributed by atoms with Crippen LogP contribution in [0, 0.1) is 0 Å². The maximum atomic E-state index is 11.0. The number of benzene rings is 1. The minimum absolute atomic E-state index is 0.559. The summed E-state index contributed by atoms with van der Waals surface area (Å²) in [5.74, 6) is 0. The lowest BCUT2D eigenvalue weighted by molar-refractivity contribution is 0.0250. The van der Waals surface area contributed by atoms with E-state index in [9.17, 15) is 5.11 Å². The van der Waals surface area contributed by atoms with Gasteiger partial charge in [0.15, 0.2) is 0 Å². The van der Waals surface area contributed by atoms with E-state index in [1.807, 2.05) is 24.7 Å². The maximum Gasteiger partial charge on any atom is 0.0850 e. The number of hydrogen-bond acceptors (Lipinski definition) is 2. The van der Waals surface area contributed by atoms with Gasteiger partial charge in [-0.25, -0.2) is 0 Å². The average molecular weight is 305 g/mol. The first-order chi connectivity index (χ1) is 10.0. The van der Waals surface area contributed by atoms with Gasteiger partial charge >= 0.3 is 0 Å². The van der Waals surface area contributed by atoms with Crippen molar-refractivity contribution in [3.63, 3.8) is 0 Å². The molecule has 1 aliphatic rings. The fraction of sp³-hybridized carbons (Fsp3) is 0.471. The number of nitrogens with zero attached hydrogens (tertiary/aromatic N) is 2. The number of rotatable bonds is 3. The average Bonchev–Trinajstić information content (AvgIpc) is 2.74. The zero-order valence-corrected chi connectivity index (χ0v) is 13.3. The molecule has 1 heterocycles. The van der Waals surface area contributed by atoms with Crippen molar-refractivity contribution >= 4 is 11.6 Å². The van der Waals surface area contributed by atoms with E-state index in [1.54, 1.807) is 0 Å². The molecule has 0 amide bonds. The van der Waals surface area contributed by atoms with Gasteiger partial charge in [-0.15, -0.1) is 0 Å². The standard InChI is InChI=1S/C17H21ClN2O/c1-3-14-16(18)15(20(2)19-14)11-17(21)9-8-12-6-4-5-7-13(12)10-17/h4-7,21H,3,8-11H2,1-2H3. The van der Waals surface area contributed by atoms with Gasteiger partial charge in [-0.1, -0.05) is 42.8 Å². The molecule has 3 nitrogen and oxygen atoms in total. The molecule has 2 aromatic rings. The summed E-state index contributed by atoms with van der Waals surface area (Å²) in [5, 5.41) is 16.2. The molecule has 0 aliphatic heterocycles. The van der Waals surface area contributed by atoms with Gasteiger partial charge in [0.25, 0.3) is 0 Å². The summed E-state index contributed by atoms with van der Waals surface area (Å²) in [6, 6.07) is 8.37. The largest absolute Gasteiger partial charge is 0.389 e. The molecule has 1 aliphatic carbocycles. The first-order valence-electron chi connectivity index (χ1n) is 7.52. The van der Waals surface area contributed by atoms with E-state index >= 15 is 0 Å². The SMILES string of the molecule is CCc1nn(C)c(CC2(O)CCc3ccccc3C2)c1Cl. The van der Waals surface area contributed by atoms with E-state index < -0.39 is 5.60 Å². The smallest absolute Gasteiger partial charge is 0.0850 e. The van der Waals surface area contributed by atoms with Gasteiger partial charge in [0.05, 0.1) is 22.0 Å². The second-order valence-corrected chi connectivity index (χ2v) is 6.41. The van der Waals surface area contributed by atoms with Gasteiger partial charge in [-0.2, -0.15) is 5.10 Å². The van der Waals surface area contributed by atoms with Crippen LogP contribution in [0.15, 0.2) is 24.3 Å². The van der Waals surface area contributed by atoms with Crippen molar-refractivity contribution in [2.24, 2.45) is 7.05 Å². The molecule has 0 spiro atoms. The van der Waals surface area contributed by atoms with Crippen LogP contribution in [0.1, 0.15) is 35.9 Å². The fourth-order valence-electron chi connectivity index (χ4n) is 3.26. The molecule has 1 unspecified atom stereocenters. The minimum Gasteiger partial charge on any atom is -0.389 e. The van der Waals surface area contributed by atoms with Crippen molar-refractivity contribution in [3.05, 3.63) is 51.8 Å². The van der Waals surface area contributed by atoms with Crippen LogP contribution in [0.2, 0.25) is 5.02 Å². The molecule has 0 bridgehead atoms. The Balaban J connectivity index is 1.87. The molecular weight excluding hydrogens is 284 g/mol. The molecule has 0 fully saturated rings. The fourth-order valence-corrected chi connectivity index (χ4v) is 3.62. The Hall–Kier alpha value is -1.32. The molecule has 21 heavy (non-hydrogen) atoms. The maximum absolute atomic E-state index is 11.0. The lowest BCUT2D eigenvalue weighted by Crippen LogP contribution is -2.38. The highest BCUT2D eigenvalue weighted by molar-refractivity contribution is 6.31. The Morgan fingerprint density at radius 1 is 1.33 bits per heavy atom. The normalized spacial score (nSPS) is 21.3. The van der Waals surface area contributed by atoms with Crippen molar-refractivity contribution < 1.29 is 5.11 Å². The van der Waals surface area contributed by atoms with E-state index in [0.717, 1.165) is 30.7 Å². The summed E-state index contributed by atoms with van der Waals surface area (Å²) in [6.45, 7) is 2.05. The van der Waals surface area contributed by atoms with E-state index in [0.29, 0.717) is 17.9 Å². The van der Waals surface area contributed by atoms with Crippen LogP contribution in [-0.2, 0) is 32.7 Å². The van der Waals surface area contributed by atoms with Crippen molar-refractivity contribution in [3.8, 4) is 0 Å². The first kappa shape index (κ1) is 14.6. The summed E-state index contributed by atoms with van der Waals surface area (Å²) < 4.78 is 1.82. The van der Waals surface area contributed by atoms with Crippen molar-refractivity contribution in [2.75, 3.05) is 0 Å². The van der Waals surface area contributed by atoms with Crippen LogP contribution in [0.5, 0.6) is 0 Å². The van der Waals surface area contributed by atoms with Gasteiger partial charge < -0.3 is 5.11 Å². The lowest BCUT2D eigenvalue weighted by Gasteiger charge is -2.33. The number of aliphatic hydroxyl groups is 1. The summed E-state index contributed by atoms with van der Waals surface area (Å²) >= 11 is 6.42. The number of halogens is 1. The van der Waals surface area contributed by atoms with Gasteiger partial charge in [0.2, 0.25) is 0 Å². The Morgan fingerprint density at radius 2 is 2.05 bits per heavy atom. The number of aromatic nitrogens is 2. The molecule has 4 heteroatoms. The Morgan fingerprint density at radius 3 is 2.71 bits per heavy atom. The Bertz CT molecular complexity index is 665. The molecule has 1 atom stereocenters. The molecule has 3 rings (SSSR count). The highest BCUT2D eigenvalue weighted by Gasteiger charge is 2.34. The van der Waals surface area contributed by atoms with Crippen LogP contribution in [-0.4, -0.2) is 20.5 Å². The Kier molecular flexibility index (Phi) is 3.80. The van der Waals surface area contributed by atoms with Crippen molar-refractivity contribution in [2.45, 2.75) is 44.6 Å². The topological polar surface area (TPSA) is 38.0 Å². The molecule has 0 radical (unpaired) electrons. The van der Waals surface area contributed by atoms with Crippen LogP contribution >= 0.6 is 11.6 Å². The number of fused-ring (bicyclic) bond motifs is 1. The lowest BCUT2D eigenvalue weighted by atomic mass is 9.78. The molecular formula is C17H21ClN2O. The van der Waals surface area contributed by atoms with E-state index in [-0.39, 0.29) is 0 Å². The van der Waals surface area contributed by atoms with Crippen LogP contribution in [0.3, 0.4) is 0 Å². The summed E-state index contributed by atoms with van der Waals surface area (Å²) in [4.78, 5) is 0. The minimum atomic E-state index is -0.725. The third-order valence-electron chi connectivity index (χ3n) is 4.50. The first-order valence-corrected chi connectivity index (χ1v) is 7.89. The van der Waals surface area contributed by atoms with Gasteiger partial charge in [0.1, 0.15) is 0 Å². The highest BCUT2D eigenvalue weighted by Crippen LogP contribution is 2.33. The summed E-state index contributed by atoms with van der Waals surface area (Å²) in [7, 11) is 1.90. The summed E-state index contributed by atoms with van der Waals surface area (Å²) in [5.41, 5.74) is 3.73. The number of hydrogen-bond donors (Lipinski definition) is 1. The second-order valence-electron chi connectivity index (χ2n) is 6.03. The predicted octanol–water partition coefficient (Wildman–Crippen LogP) is 3.10. The van der Waals surface area contributed by atoms with Crippen molar-refractivity contribution in [1.82, 2.24) is 9.78 Å². The summed E-state index contributed by atoms with van der Waals surface area (Å²) in [6.07, 6.45) is 3.75. The molecule has 0 saturated carbocycles. The third-order valence-corrected chi connectivity index (χ3v) is 4.93. The Labute approximate surface area is 130 Å². The molecule has 1 aromatic carbocycles. The van der Waals surface area contributed by atoms with E-state index in [4.69, 9.17) is 11.6 Å². The van der Waals surface area contributed by atoms with Gasteiger partial charge in [-0.3, -0.25) is 4.68 Å². The van der Waals surface area contributed by atoms with Crippen LogP contribution < -0.4 is 0 Å². The predicted molar refractivity (Wildman–Crippen MR) is 84.7 cm³/mol. The second kappa shape index (κ2) is 5.47. The third kappa shape index (κ3) is 2.72.